The van der Waals surface area contributed by atoms with Crippen LogP contribution < -0.4 is 87.7 Å². The first-order valence-electron chi connectivity index (χ1n) is 48.5. The Labute approximate surface area is 913 Å². The maximum Gasteiger partial charge on any atom is 1.00 e. The third-order valence-electron chi connectivity index (χ3n) is 28.2. The molecule has 39 heteroatoms. The van der Waals surface area contributed by atoms with Gasteiger partial charge in [-0.15, -0.1) is 0 Å². The van der Waals surface area contributed by atoms with Crippen molar-refractivity contribution in [3.05, 3.63) is 297 Å². The van der Waals surface area contributed by atoms with Gasteiger partial charge < -0.3 is 62.4 Å². The van der Waals surface area contributed by atoms with Crippen LogP contribution >= 0.6 is 15.9 Å². The second-order valence-corrected chi connectivity index (χ2v) is 42.9. The van der Waals surface area contributed by atoms with E-state index in [1.807, 2.05) is 217 Å². The Morgan fingerprint density at radius 3 is 1.15 bits per heavy atom. The molecule has 0 bridgehead atoms. The van der Waals surface area contributed by atoms with Crippen molar-refractivity contribution in [1.29, 1.82) is 0 Å². The summed E-state index contributed by atoms with van der Waals surface area (Å²) in [7, 11) is 2.02. The first kappa shape index (κ1) is 109. The fraction of sp³-hybridized carbons (Fsp3) is 0.291. The Balaban J connectivity index is 0.000000146. The van der Waals surface area contributed by atoms with Gasteiger partial charge in [0.25, 0.3) is 36.7 Å². The number of nitrogens with zero attached hydrogens (tertiary/aromatic N) is 17. The number of hydrogen-bond donors (Lipinski definition) is 1. The minimum absolute atomic E-state index is 0. The van der Waals surface area contributed by atoms with Crippen LogP contribution in [0.4, 0.5) is 0 Å². The van der Waals surface area contributed by atoms with Gasteiger partial charge in [-0.2, -0.15) is 0 Å². The second kappa shape index (κ2) is 45.0. The molecule has 21 rings (SSSR count). The first-order chi connectivity index (χ1) is 70.2. The van der Waals surface area contributed by atoms with Gasteiger partial charge >= 0.3 is 58.5 Å². The number of nitrogens with one attached hydrogen (secondary N) is 1. The predicted molar refractivity (Wildman–Crippen MR) is 576 cm³/mol. The van der Waals surface area contributed by atoms with E-state index < -0.39 is 49.5 Å². The summed E-state index contributed by atoms with van der Waals surface area (Å²) in [6, 6.07) is 59.0. The number of rotatable bonds is 22. The Bertz CT molecular complexity index is 8350. The van der Waals surface area contributed by atoms with Crippen LogP contribution in [0.5, 0.6) is 17.2 Å². The minimum Gasteiger partial charge on any atom is -0.870 e. The molecule has 4 fully saturated rings. The molecule has 4 saturated heterocycles. The molecule has 12 aromatic heterocycles. The molecule has 0 saturated carbocycles. The third kappa shape index (κ3) is 22.9. The van der Waals surface area contributed by atoms with E-state index in [2.05, 4.69) is 56.6 Å². The van der Waals surface area contributed by atoms with Crippen LogP contribution in [-0.2, 0) is 64.9 Å². The summed E-state index contributed by atoms with van der Waals surface area (Å²) in [5.41, 5.74) is 11.9. The van der Waals surface area contributed by atoms with E-state index >= 15 is 0 Å². The van der Waals surface area contributed by atoms with E-state index in [0.717, 1.165) is 153 Å². The molecule has 2 N–H and O–H groups in total. The third-order valence-corrected chi connectivity index (χ3v) is 32.0. The zero-order valence-corrected chi connectivity index (χ0v) is 92.2. The number of hydrogen-bond acceptors (Lipinski definition) is 25. The molecular weight excluding hydrogens is 2020 g/mol. The fourth-order valence-corrected chi connectivity index (χ4v) is 21.5. The average Bonchev–Trinajstić information content (AvgIpc) is 1.60. The predicted octanol–water partition coefficient (Wildman–Crippen LogP) is 11.0. The van der Waals surface area contributed by atoms with Crippen molar-refractivity contribution in [2.24, 2.45) is 21.1 Å². The SMILES string of the molecule is C[C@@H]1C(=O)N(C)CCN1CCOc1ccc(-c2ccc3nc(-c4cn(C)c(=O)c5[nH]ccc45)ccc3c2)nc1.C[C@@H]1C(=O)N(C)CCN1CCOc1ccc(Br)nc1.Cc1ccc(S(=O)(=O)n2ccc3c(-c4ccc5cc(-c6ccc(OCCN7CCN(C)C(=O)[C@H]7C)cn6)ccc5n4)cn(C)c(=O)c32)cc1.Cc1ccc(S(=O)(=O)n2ccc3c(-c4ccc5cc(B6OC(C)(C)C(C)(C)O6)ccc5n4)cn(C)c(=O)c32)cc1.[K+].[OH-]. The van der Waals surface area contributed by atoms with Crippen LogP contribution in [0.1, 0.15) is 59.6 Å². The van der Waals surface area contributed by atoms with E-state index in [0.29, 0.717) is 83.2 Å². The van der Waals surface area contributed by atoms with Crippen LogP contribution in [-0.4, -0.2) is 262 Å². The second-order valence-electron chi connectivity index (χ2n) is 38.5. The van der Waals surface area contributed by atoms with Crippen molar-refractivity contribution in [1.82, 2.24) is 85.9 Å². The van der Waals surface area contributed by atoms with Crippen molar-refractivity contribution in [2.75, 3.05) is 99.9 Å². The van der Waals surface area contributed by atoms with Gasteiger partial charge in [0, 0.05) is 193 Å². The summed E-state index contributed by atoms with van der Waals surface area (Å²) in [6.45, 7) is 26.1. The smallest absolute Gasteiger partial charge is 0.870 e. The number of amides is 3. The van der Waals surface area contributed by atoms with Gasteiger partial charge in [0.15, 0.2) is 0 Å². The molecule has 5 aromatic carbocycles. The summed E-state index contributed by atoms with van der Waals surface area (Å²) in [5, 5.41) is 4.69. The van der Waals surface area contributed by atoms with Gasteiger partial charge in [0.1, 0.15) is 58.2 Å². The van der Waals surface area contributed by atoms with Crippen LogP contribution in [0.3, 0.4) is 0 Å². The molecule has 0 unspecified atom stereocenters. The summed E-state index contributed by atoms with van der Waals surface area (Å²) in [5.74, 6) is 2.57. The van der Waals surface area contributed by atoms with E-state index in [4.69, 9.17) is 38.5 Å². The number of fused-ring (bicyclic) bond motifs is 6. The van der Waals surface area contributed by atoms with Gasteiger partial charge in [-0.05, 0) is 216 Å². The molecule has 0 spiro atoms. The molecular formula is C110H115BBrKN18O16S2. The number of benzene rings is 5. The van der Waals surface area contributed by atoms with Gasteiger partial charge in [-0.3, -0.25) is 53.4 Å². The number of H-pyrrole nitrogens is 1. The van der Waals surface area contributed by atoms with Crippen molar-refractivity contribution >= 4 is 132 Å². The van der Waals surface area contributed by atoms with Crippen LogP contribution in [0.2, 0.25) is 0 Å². The number of carbonyl (C=O) groups excluding carboxylic acids is 3. The fourth-order valence-electron chi connectivity index (χ4n) is 18.5. The largest absolute Gasteiger partial charge is 1.00 e. The maximum absolute atomic E-state index is 13.6. The number of carbonyl (C=O) groups is 3. The van der Waals surface area contributed by atoms with Crippen LogP contribution in [0.15, 0.2) is 279 Å². The maximum atomic E-state index is 13.6. The first-order valence-corrected chi connectivity index (χ1v) is 52.2. The van der Waals surface area contributed by atoms with E-state index in [1.54, 1.807) is 138 Å². The molecule has 3 atom stereocenters. The number of ether oxygens (including phenoxy) is 3. The minimum atomic E-state index is -4.01. The number of halogens is 1. The van der Waals surface area contributed by atoms with E-state index in [1.165, 1.54) is 21.5 Å². The summed E-state index contributed by atoms with van der Waals surface area (Å²) in [4.78, 5) is 118. The van der Waals surface area contributed by atoms with Crippen LogP contribution in [0.25, 0.3) is 122 Å². The average molecular weight is 2140 g/mol. The molecule has 764 valence electrons. The normalized spacial score (nSPS) is 16.6. The van der Waals surface area contributed by atoms with Crippen molar-refractivity contribution in [3.8, 4) is 73.5 Å². The molecule has 34 nitrogen and oxygen atoms in total. The van der Waals surface area contributed by atoms with Gasteiger partial charge in [0.2, 0.25) is 17.7 Å². The number of aryl methyl sites for hydroxylation is 5. The topological polar surface area (TPSA) is 384 Å². The molecule has 149 heavy (non-hydrogen) atoms. The standard InChI is InChI=1S/C37H36N6O5S.C30H30BN3O5S.C30H30N6O3.C13H18BrN3O2.K.H2O/c1-24-5-10-29(11-6-24)49(46,47)43-16-15-30-31(23-41(4)37(45)35(30)43)34-13-8-27-21-26(7-12-33(27)39-34)32-14-9-28(22-38-32)48-20-19-42-18-17-40(3)36(44)25(42)2;1-19-7-11-22(12-8-19)40(36,37)34-16-15-23-24(18-33(6)28(35)27(23)34)26-13-9-20-17-21(10-14-25(20)32-26)31-38-29(2,3)30(4,5)39-31;1-19-29(37)34(2)12-13-36(19)14-15-39-22-6-9-25(32-17-22)20-4-7-26-21(16-20)5-8-27(33-26)24-18-35(3)30(38)28-23(24)10-11-31-28;1-10-13(18)16(2)5-6-17(10)7-8-19-11-3-4-12(14)15-9-11;;/h5-16,21-23,25H,17-20H2,1-4H3;7-18H,1-6H3;4-11,16-19,31H,12-15H2,1-3H3;3-4,9-10H,5-8H2,1-2H3;;1H2/q;;;;+1;/p-1/t25-;;19-;10-;;/m1.11../s1. The van der Waals surface area contributed by atoms with Crippen LogP contribution in [0, 0.1) is 13.8 Å². The Morgan fingerprint density at radius 2 is 0.772 bits per heavy atom. The zero-order valence-electron chi connectivity index (χ0n) is 85.8. The quantitative estimate of drug-likeness (QED) is 0.0486. The van der Waals surface area contributed by atoms with Crippen molar-refractivity contribution in [3.63, 3.8) is 0 Å². The zero-order chi connectivity index (χ0) is 104. The Kier molecular flexibility index (Phi) is 32.8. The summed E-state index contributed by atoms with van der Waals surface area (Å²) < 4.78 is 91.3. The van der Waals surface area contributed by atoms with E-state index in [-0.39, 0.29) is 119 Å². The monoisotopic (exact) mass is 2140 g/mol. The van der Waals surface area contributed by atoms with Gasteiger partial charge in [-0.1, -0.05) is 77.9 Å². The number of piperazine rings is 3. The van der Waals surface area contributed by atoms with E-state index in [9.17, 15) is 45.6 Å². The van der Waals surface area contributed by atoms with Gasteiger partial charge in [0.05, 0.1) is 103 Å². The van der Waals surface area contributed by atoms with Crippen molar-refractivity contribution in [2.45, 2.75) is 101 Å². The number of pyridine rings is 9. The summed E-state index contributed by atoms with van der Waals surface area (Å²) >= 11 is 3.28. The molecule has 3 amide bonds. The molecule has 4 aliphatic rings. The van der Waals surface area contributed by atoms with Gasteiger partial charge in [-0.25, -0.2) is 44.7 Å². The molecule has 17 aromatic rings. The Morgan fingerprint density at radius 1 is 0.416 bits per heavy atom. The number of likely N-dealkylation sites (N-methyl/N-ethyl adjacent to an activating group) is 3. The molecule has 0 radical (unpaired) electrons. The number of aromatic amines is 1. The summed E-state index contributed by atoms with van der Waals surface area (Å²) in [6.07, 6.45) is 15.0. The molecule has 0 aliphatic carbocycles. The van der Waals surface area contributed by atoms with Crippen molar-refractivity contribution < 1.29 is 112 Å². The molecule has 4 aliphatic heterocycles. The molecule has 16 heterocycles. The number of aromatic nitrogens is 12. The Hall–Kier alpha value is -13.1.